The maximum absolute atomic E-state index is 15.1. The molecule has 3 fully saturated rings. The number of nitrogens with one attached hydrogen (secondary N) is 1. The standard InChI is InChI=1S/C25H31F2N3O5/c1-24(26,27)20-19-18(35-22(20)23(31)28-11-15-4-2-7-33-15)10-25(5-3-6-25)17-13-30(29-21(17)19)12-16-14-32-8-9-34-16/h13,15-16H,2-12,14H2,1H3,(H,28,31)/t15-,16-/m0/s1. The van der Waals surface area contributed by atoms with Gasteiger partial charge in [0.25, 0.3) is 11.8 Å². The molecule has 10 heteroatoms. The maximum Gasteiger partial charge on any atom is 0.287 e. The predicted octanol–water partition coefficient (Wildman–Crippen LogP) is 3.56. The van der Waals surface area contributed by atoms with Crippen molar-refractivity contribution in [2.24, 2.45) is 0 Å². The van der Waals surface area contributed by atoms with Gasteiger partial charge in [0, 0.05) is 43.7 Å². The fourth-order valence-corrected chi connectivity index (χ4v) is 5.91. The van der Waals surface area contributed by atoms with Crippen LogP contribution in [0.25, 0.3) is 11.3 Å². The average Bonchev–Trinajstić information content (AvgIpc) is 3.53. The van der Waals surface area contributed by atoms with Crippen molar-refractivity contribution in [2.45, 2.75) is 75.5 Å². The maximum atomic E-state index is 15.1. The molecule has 2 aliphatic carbocycles. The molecule has 4 heterocycles. The zero-order valence-corrected chi connectivity index (χ0v) is 19.9. The Kier molecular flexibility index (Phi) is 5.73. The smallest absolute Gasteiger partial charge is 0.287 e. The van der Waals surface area contributed by atoms with E-state index in [9.17, 15) is 4.79 Å². The van der Waals surface area contributed by atoms with Crippen LogP contribution >= 0.6 is 0 Å². The molecule has 0 bridgehead atoms. The topological polar surface area (TPSA) is 87.8 Å². The number of aromatic nitrogens is 2. The monoisotopic (exact) mass is 491 g/mol. The predicted molar refractivity (Wildman–Crippen MR) is 121 cm³/mol. The van der Waals surface area contributed by atoms with E-state index < -0.39 is 11.8 Å². The number of halogens is 2. The van der Waals surface area contributed by atoms with Gasteiger partial charge in [-0.2, -0.15) is 5.10 Å². The number of amides is 1. The van der Waals surface area contributed by atoms with Gasteiger partial charge in [-0.15, -0.1) is 0 Å². The number of fused-ring (bicyclic) bond motifs is 4. The van der Waals surface area contributed by atoms with Gasteiger partial charge in [0.1, 0.15) is 17.6 Å². The van der Waals surface area contributed by atoms with Crippen molar-refractivity contribution >= 4 is 5.91 Å². The number of hydrogen-bond donors (Lipinski definition) is 1. The summed E-state index contributed by atoms with van der Waals surface area (Å²) in [6, 6.07) is 0. The van der Waals surface area contributed by atoms with E-state index in [1.807, 2.05) is 6.20 Å². The van der Waals surface area contributed by atoms with E-state index in [0.717, 1.165) is 44.6 Å². The molecule has 1 N–H and O–H groups in total. The second kappa shape index (κ2) is 8.67. The third-order valence-electron chi connectivity index (χ3n) is 7.80. The van der Waals surface area contributed by atoms with Gasteiger partial charge >= 0.3 is 0 Å². The third-order valence-corrected chi connectivity index (χ3v) is 7.80. The first-order valence-electron chi connectivity index (χ1n) is 12.6. The molecule has 4 aliphatic rings. The van der Waals surface area contributed by atoms with Crippen molar-refractivity contribution in [3.05, 3.63) is 28.8 Å². The van der Waals surface area contributed by atoms with E-state index in [1.54, 1.807) is 4.68 Å². The van der Waals surface area contributed by atoms with Crippen LogP contribution in [0.15, 0.2) is 10.6 Å². The summed E-state index contributed by atoms with van der Waals surface area (Å²) in [6.07, 6.45) is 6.93. The molecule has 190 valence electrons. The van der Waals surface area contributed by atoms with Crippen molar-refractivity contribution in [2.75, 3.05) is 33.0 Å². The van der Waals surface area contributed by atoms with Gasteiger partial charge < -0.3 is 23.9 Å². The fourth-order valence-electron chi connectivity index (χ4n) is 5.91. The first kappa shape index (κ1) is 23.1. The number of nitrogens with zero attached hydrogens (tertiary/aromatic N) is 2. The summed E-state index contributed by atoms with van der Waals surface area (Å²) in [6.45, 7) is 3.78. The Hall–Kier alpha value is -2.30. The highest BCUT2D eigenvalue weighted by Gasteiger charge is 2.50. The molecule has 0 aromatic carbocycles. The van der Waals surface area contributed by atoms with E-state index in [4.69, 9.17) is 23.7 Å². The molecule has 2 saturated heterocycles. The van der Waals surface area contributed by atoms with Gasteiger partial charge in [-0.3, -0.25) is 9.48 Å². The summed E-state index contributed by atoms with van der Waals surface area (Å²) in [5.74, 6) is -3.80. The van der Waals surface area contributed by atoms with Crippen molar-refractivity contribution in [3.8, 4) is 11.3 Å². The highest BCUT2D eigenvalue weighted by molar-refractivity contribution is 5.96. The minimum Gasteiger partial charge on any atom is -0.455 e. The fraction of sp³-hybridized carbons (Fsp3) is 0.680. The molecule has 8 nitrogen and oxygen atoms in total. The molecular weight excluding hydrogens is 460 g/mol. The van der Waals surface area contributed by atoms with Gasteiger partial charge in [0.2, 0.25) is 5.76 Å². The van der Waals surface area contributed by atoms with Crippen LogP contribution in [0.5, 0.6) is 0 Å². The van der Waals surface area contributed by atoms with Crippen LogP contribution < -0.4 is 5.32 Å². The van der Waals surface area contributed by atoms with Crippen LogP contribution in [0.2, 0.25) is 0 Å². The number of alkyl halides is 2. The lowest BCUT2D eigenvalue weighted by Crippen LogP contribution is -2.38. The first-order valence-corrected chi connectivity index (χ1v) is 12.6. The van der Waals surface area contributed by atoms with E-state index in [1.165, 1.54) is 0 Å². The molecule has 0 unspecified atom stereocenters. The Morgan fingerprint density at radius 3 is 2.71 bits per heavy atom. The molecule has 2 atom stereocenters. The number of hydrogen-bond acceptors (Lipinski definition) is 6. The molecule has 1 saturated carbocycles. The molecule has 1 spiro atoms. The van der Waals surface area contributed by atoms with Gasteiger partial charge in [-0.05, 0) is 25.7 Å². The molecule has 2 aromatic heterocycles. The summed E-state index contributed by atoms with van der Waals surface area (Å²) in [4.78, 5) is 13.1. The molecular formula is C25H31F2N3O5. The average molecular weight is 492 g/mol. The highest BCUT2D eigenvalue weighted by Crippen LogP contribution is 2.56. The largest absolute Gasteiger partial charge is 0.455 e. The number of carbonyl (C=O) groups is 1. The van der Waals surface area contributed by atoms with E-state index >= 15 is 8.78 Å². The van der Waals surface area contributed by atoms with Gasteiger partial charge in [-0.1, -0.05) is 6.42 Å². The highest BCUT2D eigenvalue weighted by atomic mass is 19.3. The van der Waals surface area contributed by atoms with Crippen molar-refractivity contribution in [1.82, 2.24) is 15.1 Å². The van der Waals surface area contributed by atoms with Crippen molar-refractivity contribution in [1.29, 1.82) is 0 Å². The number of furan rings is 1. The molecule has 35 heavy (non-hydrogen) atoms. The second-order valence-corrected chi connectivity index (χ2v) is 10.3. The second-order valence-electron chi connectivity index (χ2n) is 10.3. The van der Waals surface area contributed by atoms with Gasteiger partial charge in [-0.25, -0.2) is 8.78 Å². The summed E-state index contributed by atoms with van der Waals surface area (Å²) in [7, 11) is 0. The zero-order valence-electron chi connectivity index (χ0n) is 19.9. The van der Waals surface area contributed by atoms with Gasteiger partial charge in [0.05, 0.1) is 43.6 Å². The SMILES string of the molecule is CC(F)(F)c1c(C(=O)NC[C@@H]2CCCO2)oc2c1-c1nn(C[C@H]3COCCO3)cc1C1(CCC1)C2. The van der Waals surface area contributed by atoms with Crippen LogP contribution in [0.3, 0.4) is 0 Å². The summed E-state index contributed by atoms with van der Waals surface area (Å²) in [5.41, 5.74) is 1.17. The Bertz CT molecular complexity index is 1110. The normalized spacial score (nSPS) is 25.2. The quantitative estimate of drug-likeness (QED) is 0.665. The summed E-state index contributed by atoms with van der Waals surface area (Å²) < 4.78 is 54.7. The third kappa shape index (κ3) is 4.09. The van der Waals surface area contributed by atoms with E-state index in [0.29, 0.717) is 50.8 Å². The lowest BCUT2D eigenvalue weighted by molar-refractivity contribution is -0.0946. The van der Waals surface area contributed by atoms with E-state index in [2.05, 4.69) is 5.32 Å². The Morgan fingerprint density at radius 2 is 2.06 bits per heavy atom. The number of ether oxygens (including phenoxy) is 3. The zero-order chi connectivity index (χ0) is 24.2. The lowest BCUT2D eigenvalue weighted by Gasteiger charge is -2.43. The van der Waals surface area contributed by atoms with E-state index in [-0.39, 0.29) is 41.1 Å². The lowest BCUT2D eigenvalue weighted by atomic mass is 9.59. The molecule has 2 aliphatic heterocycles. The molecule has 0 radical (unpaired) electrons. The Balaban J connectivity index is 1.38. The minimum absolute atomic E-state index is 0.0966. The summed E-state index contributed by atoms with van der Waals surface area (Å²) >= 11 is 0. The number of carbonyl (C=O) groups excluding carboxylic acids is 1. The molecule has 6 rings (SSSR count). The molecule has 1 amide bonds. The van der Waals surface area contributed by atoms with Crippen LogP contribution in [0.1, 0.15) is 66.5 Å². The Labute approximate surface area is 202 Å². The Morgan fingerprint density at radius 1 is 1.23 bits per heavy atom. The van der Waals surface area contributed by atoms with Gasteiger partial charge in [0.15, 0.2) is 0 Å². The van der Waals surface area contributed by atoms with Crippen LogP contribution in [-0.2, 0) is 38.5 Å². The van der Waals surface area contributed by atoms with Crippen molar-refractivity contribution in [3.63, 3.8) is 0 Å². The van der Waals surface area contributed by atoms with Crippen LogP contribution in [-0.4, -0.2) is 60.9 Å². The summed E-state index contributed by atoms with van der Waals surface area (Å²) in [5, 5.41) is 7.50. The first-order chi connectivity index (χ1) is 16.8. The number of rotatable bonds is 6. The van der Waals surface area contributed by atoms with Crippen LogP contribution in [0, 0.1) is 0 Å². The van der Waals surface area contributed by atoms with Crippen LogP contribution in [0.4, 0.5) is 8.78 Å². The molecule has 2 aromatic rings. The minimum atomic E-state index is -3.28. The van der Waals surface area contributed by atoms with Crippen molar-refractivity contribution < 1.29 is 32.2 Å².